The molecule has 0 radical (unpaired) electrons. The van der Waals surface area contributed by atoms with Crippen LogP contribution in [0, 0.1) is 19.8 Å². The SMILES string of the molecule is Cc1ccc(C)c(NCC(C)c2ccc(CC(C)C)cc2)c1. The van der Waals surface area contributed by atoms with Gasteiger partial charge >= 0.3 is 0 Å². The van der Waals surface area contributed by atoms with Gasteiger partial charge in [-0.15, -0.1) is 0 Å². The van der Waals surface area contributed by atoms with Crippen molar-refractivity contribution in [3.63, 3.8) is 0 Å². The molecule has 0 spiro atoms. The third-order valence-electron chi connectivity index (χ3n) is 4.18. The molecule has 1 nitrogen and oxygen atoms in total. The van der Waals surface area contributed by atoms with Crippen LogP contribution < -0.4 is 5.32 Å². The van der Waals surface area contributed by atoms with Gasteiger partial charge in [-0.2, -0.15) is 0 Å². The van der Waals surface area contributed by atoms with E-state index in [0.29, 0.717) is 11.8 Å². The molecule has 0 bridgehead atoms. The Morgan fingerprint density at radius 1 is 0.909 bits per heavy atom. The zero-order chi connectivity index (χ0) is 16.1. The van der Waals surface area contributed by atoms with E-state index in [1.807, 2.05) is 0 Å². The van der Waals surface area contributed by atoms with Gasteiger partial charge in [0.1, 0.15) is 0 Å². The molecule has 0 fully saturated rings. The highest BCUT2D eigenvalue weighted by Gasteiger charge is 2.07. The lowest BCUT2D eigenvalue weighted by Crippen LogP contribution is -2.11. The molecule has 0 aliphatic carbocycles. The fourth-order valence-corrected chi connectivity index (χ4v) is 2.76. The second-order valence-electron chi connectivity index (χ2n) is 6.94. The van der Waals surface area contributed by atoms with Gasteiger partial charge in [-0.05, 0) is 60.4 Å². The Morgan fingerprint density at radius 3 is 2.23 bits per heavy atom. The van der Waals surface area contributed by atoms with Crippen LogP contribution in [-0.2, 0) is 6.42 Å². The van der Waals surface area contributed by atoms with Crippen LogP contribution in [0.1, 0.15) is 48.9 Å². The zero-order valence-corrected chi connectivity index (χ0v) is 14.6. The minimum atomic E-state index is 0.507. The van der Waals surface area contributed by atoms with Gasteiger partial charge in [0.2, 0.25) is 0 Å². The van der Waals surface area contributed by atoms with E-state index >= 15 is 0 Å². The van der Waals surface area contributed by atoms with Crippen molar-refractivity contribution >= 4 is 5.69 Å². The Balaban J connectivity index is 1.97. The van der Waals surface area contributed by atoms with E-state index in [0.717, 1.165) is 13.0 Å². The molecule has 1 atom stereocenters. The number of anilines is 1. The second kappa shape index (κ2) is 7.49. The smallest absolute Gasteiger partial charge is 0.0372 e. The van der Waals surface area contributed by atoms with Crippen LogP contribution in [-0.4, -0.2) is 6.54 Å². The molecule has 2 rings (SSSR count). The molecule has 2 aromatic rings. The summed E-state index contributed by atoms with van der Waals surface area (Å²) in [6.45, 7) is 12.1. The average molecular weight is 295 g/mol. The molecule has 0 saturated heterocycles. The standard InChI is InChI=1S/C21H29N/c1-15(2)12-19-8-10-20(11-9-19)18(5)14-22-21-13-16(3)6-7-17(21)4/h6-11,13,15,18,22H,12,14H2,1-5H3. The van der Waals surface area contributed by atoms with Gasteiger partial charge < -0.3 is 5.32 Å². The summed E-state index contributed by atoms with van der Waals surface area (Å²) >= 11 is 0. The molecule has 118 valence electrons. The van der Waals surface area contributed by atoms with Gasteiger partial charge in [0.25, 0.3) is 0 Å². The predicted molar refractivity (Wildman–Crippen MR) is 97.8 cm³/mol. The molecular formula is C21H29N. The van der Waals surface area contributed by atoms with Gasteiger partial charge in [-0.3, -0.25) is 0 Å². The van der Waals surface area contributed by atoms with Crippen LogP contribution in [0.25, 0.3) is 0 Å². The summed E-state index contributed by atoms with van der Waals surface area (Å²) in [6.07, 6.45) is 1.16. The summed E-state index contributed by atoms with van der Waals surface area (Å²) in [5.74, 6) is 1.22. The molecule has 0 aliphatic heterocycles. The first kappa shape index (κ1) is 16.6. The minimum absolute atomic E-state index is 0.507. The first-order chi connectivity index (χ1) is 10.5. The van der Waals surface area contributed by atoms with Crippen LogP contribution in [0.2, 0.25) is 0 Å². The molecule has 1 N–H and O–H groups in total. The third kappa shape index (κ3) is 4.62. The van der Waals surface area contributed by atoms with Gasteiger partial charge in [0.05, 0.1) is 0 Å². The topological polar surface area (TPSA) is 12.0 Å². The van der Waals surface area contributed by atoms with Crippen LogP contribution in [0.15, 0.2) is 42.5 Å². The number of rotatable bonds is 6. The predicted octanol–water partition coefficient (Wildman–Crippen LogP) is 5.72. The van der Waals surface area contributed by atoms with Crippen LogP contribution >= 0.6 is 0 Å². The monoisotopic (exact) mass is 295 g/mol. The summed E-state index contributed by atoms with van der Waals surface area (Å²) in [5, 5.41) is 3.60. The molecule has 0 saturated carbocycles. The average Bonchev–Trinajstić information content (AvgIpc) is 2.48. The number of aryl methyl sites for hydroxylation is 2. The Morgan fingerprint density at radius 2 is 1.59 bits per heavy atom. The summed E-state index contributed by atoms with van der Waals surface area (Å²) in [7, 11) is 0. The van der Waals surface area contributed by atoms with Crippen molar-refractivity contribution in [2.75, 3.05) is 11.9 Å². The molecule has 0 heterocycles. The normalized spacial score (nSPS) is 12.5. The Labute approximate surface area is 135 Å². The van der Waals surface area contributed by atoms with Crippen LogP contribution in [0.4, 0.5) is 5.69 Å². The van der Waals surface area contributed by atoms with Crippen molar-refractivity contribution in [1.82, 2.24) is 0 Å². The summed E-state index contributed by atoms with van der Waals surface area (Å²) in [4.78, 5) is 0. The highest BCUT2D eigenvalue weighted by Crippen LogP contribution is 2.21. The van der Waals surface area contributed by atoms with E-state index in [1.165, 1.54) is 27.9 Å². The number of nitrogens with one attached hydrogen (secondary N) is 1. The number of benzene rings is 2. The van der Waals surface area contributed by atoms with E-state index in [-0.39, 0.29) is 0 Å². The minimum Gasteiger partial charge on any atom is -0.384 e. The maximum atomic E-state index is 3.60. The summed E-state index contributed by atoms with van der Waals surface area (Å²) < 4.78 is 0. The number of hydrogen-bond acceptors (Lipinski definition) is 1. The first-order valence-corrected chi connectivity index (χ1v) is 8.35. The highest BCUT2D eigenvalue weighted by atomic mass is 14.9. The van der Waals surface area contributed by atoms with Gasteiger partial charge in [-0.25, -0.2) is 0 Å². The van der Waals surface area contributed by atoms with E-state index in [1.54, 1.807) is 0 Å². The van der Waals surface area contributed by atoms with Crippen molar-refractivity contribution in [2.24, 2.45) is 5.92 Å². The van der Waals surface area contributed by atoms with Crippen molar-refractivity contribution in [1.29, 1.82) is 0 Å². The first-order valence-electron chi connectivity index (χ1n) is 8.35. The van der Waals surface area contributed by atoms with Crippen LogP contribution in [0.5, 0.6) is 0 Å². The Kier molecular flexibility index (Phi) is 5.65. The molecular weight excluding hydrogens is 266 g/mol. The molecule has 0 amide bonds. The zero-order valence-electron chi connectivity index (χ0n) is 14.6. The van der Waals surface area contributed by atoms with Gasteiger partial charge in [0, 0.05) is 12.2 Å². The lowest BCUT2D eigenvalue weighted by molar-refractivity contribution is 0.647. The Hall–Kier alpha value is -1.76. The highest BCUT2D eigenvalue weighted by molar-refractivity contribution is 5.52. The molecule has 0 aliphatic rings. The number of hydrogen-bond donors (Lipinski definition) is 1. The lowest BCUT2D eigenvalue weighted by Gasteiger charge is -2.16. The van der Waals surface area contributed by atoms with Gasteiger partial charge in [0.15, 0.2) is 0 Å². The third-order valence-corrected chi connectivity index (χ3v) is 4.18. The maximum absolute atomic E-state index is 3.60. The van der Waals surface area contributed by atoms with Gasteiger partial charge in [-0.1, -0.05) is 57.2 Å². The molecule has 1 unspecified atom stereocenters. The van der Waals surface area contributed by atoms with E-state index in [4.69, 9.17) is 0 Å². The van der Waals surface area contributed by atoms with E-state index < -0.39 is 0 Å². The Bertz CT molecular complexity index is 596. The summed E-state index contributed by atoms with van der Waals surface area (Å²) in [6, 6.07) is 15.7. The molecule has 0 aromatic heterocycles. The molecule has 2 aromatic carbocycles. The lowest BCUT2D eigenvalue weighted by atomic mass is 9.96. The van der Waals surface area contributed by atoms with Crippen LogP contribution in [0.3, 0.4) is 0 Å². The molecule has 22 heavy (non-hydrogen) atoms. The van der Waals surface area contributed by atoms with Crippen molar-refractivity contribution < 1.29 is 0 Å². The van der Waals surface area contributed by atoms with E-state index in [2.05, 4.69) is 82.4 Å². The quantitative estimate of drug-likeness (QED) is 0.719. The van der Waals surface area contributed by atoms with Crippen molar-refractivity contribution in [3.05, 3.63) is 64.7 Å². The van der Waals surface area contributed by atoms with E-state index in [9.17, 15) is 0 Å². The largest absolute Gasteiger partial charge is 0.384 e. The van der Waals surface area contributed by atoms with Crippen molar-refractivity contribution in [2.45, 2.75) is 47.0 Å². The summed E-state index contributed by atoms with van der Waals surface area (Å²) in [5.41, 5.74) is 6.71. The fraction of sp³-hybridized carbons (Fsp3) is 0.429. The maximum Gasteiger partial charge on any atom is 0.0372 e. The van der Waals surface area contributed by atoms with Crippen molar-refractivity contribution in [3.8, 4) is 0 Å². The molecule has 1 heteroatoms. The fourth-order valence-electron chi connectivity index (χ4n) is 2.76. The second-order valence-corrected chi connectivity index (χ2v) is 6.94.